The van der Waals surface area contributed by atoms with Crippen molar-refractivity contribution in [3.63, 3.8) is 0 Å². The third-order valence-corrected chi connectivity index (χ3v) is 6.78. The molecule has 2 aromatic rings. The quantitative estimate of drug-likeness (QED) is 0.559. The topological polar surface area (TPSA) is 34.1 Å². The van der Waals surface area contributed by atoms with Crippen molar-refractivity contribution < 1.29 is 26.0 Å². The van der Waals surface area contributed by atoms with Crippen molar-refractivity contribution in [3.05, 3.63) is 76.6 Å². The average Bonchev–Trinajstić information content (AvgIpc) is 3.27. The van der Waals surface area contributed by atoms with Gasteiger partial charge < -0.3 is 0 Å². The van der Waals surface area contributed by atoms with Gasteiger partial charge in [0, 0.05) is 5.41 Å². The molecule has 28 heavy (non-hydrogen) atoms. The Morgan fingerprint density at radius 2 is 1.43 bits per heavy atom. The summed E-state index contributed by atoms with van der Waals surface area (Å²) < 4.78 is 74.8. The van der Waals surface area contributed by atoms with Crippen molar-refractivity contribution in [3.8, 4) is 0 Å². The highest BCUT2D eigenvalue weighted by molar-refractivity contribution is 7.92. The number of sulfone groups is 1. The first-order valence-electron chi connectivity index (χ1n) is 8.36. The fourth-order valence-electron chi connectivity index (χ4n) is 3.29. The number of hydrogen-bond donors (Lipinski definition) is 0. The van der Waals surface area contributed by atoms with Crippen molar-refractivity contribution in [2.75, 3.05) is 0 Å². The summed E-state index contributed by atoms with van der Waals surface area (Å²) in [5, 5.41) is -0.0267. The van der Waals surface area contributed by atoms with Crippen LogP contribution in [0.4, 0.5) is 17.6 Å². The zero-order valence-electron chi connectivity index (χ0n) is 14.2. The fraction of sp³-hybridized carbons (Fsp3) is 0.200. The van der Waals surface area contributed by atoms with Crippen molar-refractivity contribution in [1.82, 2.24) is 0 Å². The smallest absolute Gasteiger partial charge is 0.214 e. The van der Waals surface area contributed by atoms with Crippen LogP contribution in [0.15, 0.2) is 59.5 Å². The first-order chi connectivity index (χ1) is 13.0. The van der Waals surface area contributed by atoms with E-state index < -0.39 is 26.1 Å². The van der Waals surface area contributed by atoms with Gasteiger partial charge in [-0.05, 0) is 59.4 Å². The molecule has 146 valence electrons. The molecule has 0 aromatic heterocycles. The molecule has 0 unspecified atom stereocenters. The van der Waals surface area contributed by atoms with Crippen LogP contribution in [0.3, 0.4) is 0 Å². The van der Waals surface area contributed by atoms with Crippen LogP contribution >= 0.6 is 11.6 Å². The van der Waals surface area contributed by atoms with E-state index in [4.69, 9.17) is 11.6 Å². The van der Waals surface area contributed by atoms with Crippen LogP contribution in [0, 0.1) is 11.2 Å². The first-order valence-corrected chi connectivity index (χ1v) is 10.2. The third kappa shape index (κ3) is 3.16. The van der Waals surface area contributed by atoms with Gasteiger partial charge in [0.05, 0.1) is 9.92 Å². The summed E-state index contributed by atoms with van der Waals surface area (Å²) in [7, 11) is -5.40. The molecule has 0 N–H and O–H groups in total. The van der Waals surface area contributed by atoms with Crippen LogP contribution in [-0.4, -0.2) is 13.9 Å². The van der Waals surface area contributed by atoms with Crippen molar-refractivity contribution in [2.45, 2.75) is 23.2 Å². The van der Waals surface area contributed by atoms with Gasteiger partial charge in [-0.15, -0.1) is 0 Å². The highest BCUT2D eigenvalue weighted by atomic mass is 35.5. The highest BCUT2D eigenvalue weighted by Crippen LogP contribution is 2.57. The van der Waals surface area contributed by atoms with Gasteiger partial charge in [0.2, 0.25) is 0 Å². The minimum absolute atomic E-state index is 0.0267. The molecule has 4 rings (SSSR count). The minimum atomic E-state index is -5.40. The van der Waals surface area contributed by atoms with Gasteiger partial charge in [-0.2, -0.15) is 13.2 Å². The Labute approximate surface area is 164 Å². The van der Waals surface area contributed by atoms with Gasteiger partial charge in [-0.1, -0.05) is 42.0 Å². The Balaban J connectivity index is 1.74. The molecule has 0 heterocycles. The highest BCUT2D eigenvalue weighted by Gasteiger charge is 2.47. The maximum Gasteiger partial charge on any atom is 0.501 e. The van der Waals surface area contributed by atoms with Gasteiger partial charge in [0.25, 0.3) is 9.84 Å². The summed E-state index contributed by atoms with van der Waals surface area (Å²) in [6, 6.07) is 8.95. The molecule has 1 spiro atoms. The Bertz CT molecular complexity index is 1130. The summed E-state index contributed by atoms with van der Waals surface area (Å²) >= 11 is 5.89. The van der Waals surface area contributed by atoms with Gasteiger partial charge in [0.1, 0.15) is 5.82 Å². The Morgan fingerprint density at radius 1 is 0.893 bits per heavy atom. The second-order valence-electron chi connectivity index (χ2n) is 6.95. The molecule has 2 aromatic carbocycles. The van der Waals surface area contributed by atoms with E-state index in [2.05, 4.69) is 0 Å². The zero-order chi connectivity index (χ0) is 20.3. The maximum atomic E-state index is 13.5. The van der Waals surface area contributed by atoms with E-state index in [0.29, 0.717) is 11.1 Å². The second-order valence-corrected chi connectivity index (χ2v) is 9.30. The molecule has 0 aliphatic heterocycles. The number of alkyl halides is 3. The summed E-state index contributed by atoms with van der Waals surface area (Å²) in [6.07, 6.45) is 5.95. The first kappa shape index (κ1) is 19.2. The molecule has 1 saturated carbocycles. The standard InChI is InChI=1S/C20H13ClF4O2S/c21-17-9-13(3-6-18(17)22)16-11-19(7-8-19)10-15(16)12-1-4-14(5-2-12)28(26,27)20(23,24)25/h1-6,9-11H,7-8H2. The Kier molecular flexibility index (Phi) is 4.25. The number of hydrogen-bond acceptors (Lipinski definition) is 2. The van der Waals surface area contributed by atoms with E-state index in [1.165, 1.54) is 24.3 Å². The van der Waals surface area contributed by atoms with Gasteiger partial charge in [-0.3, -0.25) is 0 Å². The summed E-state index contributed by atoms with van der Waals surface area (Å²) in [4.78, 5) is -0.807. The van der Waals surface area contributed by atoms with Gasteiger partial charge in [0.15, 0.2) is 0 Å². The van der Waals surface area contributed by atoms with E-state index in [1.807, 2.05) is 12.2 Å². The van der Waals surface area contributed by atoms with Crippen LogP contribution in [0.25, 0.3) is 11.1 Å². The number of rotatable bonds is 3. The Morgan fingerprint density at radius 3 is 1.93 bits per heavy atom. The van der Waals surface area contributed by atoms with E-state index >= 15 is 0 Å². The number of halogens is 5. The Hall–Kier alpha value is -2.12. The lowest BCUT2D eigenvalue weighted by Gasteiger charge is -2.12. The van der Waals surface area contributed by atoms with Crippen LogP contribution in [0.5, 0.6) is 0 Å². The molecule has 2 nitrogen and oxygen atoms in total. The van der Waals surface area contributed by atoms with Crippen molar-refractivity contribution in [1.29, 1.82) is 0 Å². The van der Waals surface area contributed by atoms with E-state index in [9.17, 15) is 26.0 Å². The molecule has 0 amide bonds. The predicted octanol–water partition coefficient (Wildman–Crippen LogP) is 6.03. The molecule has 0 bridgehead atoms. The molecular formula is C20H13ClF4O2S. The normalized spacial score (nSPS) is 18.2. The molecule has 2 aliphatic carbocycles. The lowest BCUT2D eigenvalue weighted by Crippen LogP contribution is -2.23. The van der Waals surface area contributed by atoms with Gasteiger partial charge in [-0.25, -0.2) is 12.8 Å². The minimum Gasteiger partial charge on any atom is -0.214 e. The van der Waals surface area contributed by atoms with Crippen molar-refractivity contribution >= 4 is 32.6 Å². The molecule has 8 heteroatoms. The molecule has 2 aliphatic rings. The van der Waals surface area contributed by atoms with Crippen LogP contribution in [-0.2, 0) is 9.84 Å². The van der Waals surface area contributed by atoms with Crippen LogP contribution in [0.2, 0.25) is 5.02 Å². The van der Waals surface area contributed by atoms with E-state index in [1.54, 1.807) is 6.07 Å². The van der Waals surface area contributed by atoms with E-state index in [0.717, 1.165) is 36.1 Å². The summed E-state index contributed by atoms with van der Waals surface area (Å²) in [5.41, 5.74) is -2.64. The van der Waals surface area contributed by atoms with Crippen molar-refractivity contribution in [2.24, 2.45) is 5.41 Å². The predicted molar refractivity (Wildman–Crippen MR) is 98.7 cm³/mol. The fourth-order valence-corrected chi connectivity index (χ4v) is 4.24. The molecule has 0 saturated heterocycles. The molecular weight excluding hydrogens is 416 g/mol. The number of benzene rings is 2. The van der Waals surface area contributed by atoms with Crippen LogP contribution < -0.4 is 0 Å². The molecule has 1 fully saturated rings. The average molecular weight is 429 g/mol. The van der Waals surface area contributed by atoms with Gasteiger partial charge >= 0.3 is 5.51 Å². The monoisotopic (exact) mass is 428 g/mol. The van der Waals surface area contributed by atoms with Crippen LogP contribution in [0.1, 0.15) is 24.0 Å². The third-order valence-electron chi connectivity index (χ3n) is 4.99. The zero-order valence-corrected chi connectivity index (χ0v) is 15.8. The van der Waals surface area contributed by atoms with E-state index in [-0.39, 0.29) is 10.4 Å². The molecule has 0 radical (unpaired) electrons. The summed E-state index contributed by atoms with van der Waals surface area (Å²) in [6.45, 7) is 0. The maximum absolute atomic E-state index is 13.5. The number of allylic oxidation sites excluding steroid dienone is 4. The SMILES string of the molecule is O=S(=O)(c1ccc(C2=CC3(C=C2c2ccc(F)c(Cl)c2)CC3)cc1)C(F)(F)F. The lowest BCUT2D eigenvalue weighted by molar-refractivity contribution is -0.0436. The lowest BCUT2D eigenvalue weighted by atomic mass is 9.95. The largest absolute Gasteiger partial charge is 0.501 e. The molecule has 0 atom stereocenters. The second kappa shape index (κ2) is 6.19. The summed E-state index contributed by atoms with van der Waals surface area (Å²) in [5.74, 6) is -0.544.